The molecule has 1 atom stereocenters. The van der Waals surface area contributed by atoms with Gasteiger partial charge in [0.15, 0.2) is 0 Å². The molecule has 110 valence electrons. The van der Waals surface area contributed by atoms with Gasteiger partial charge in [0, 0.05) is 43.1 Å². The van der Waals surface area contributed by atoms with Gasteiger partial charge >= 0.3 is 0 Å². The molecule has 2 heterocycles. The quantitative estimate of drug-likeness (QED) is 0.938. The molecule has 2 aromatic rings. The maximum atomic E-state index is 10.2. The predicted octanol–water partition coefficient (Wildman–Crippen LogP) is 2.14. The molecule has 0 radical (unpaired) electrons. The van der Waals surface area contributed by atoms with Gasteiger partial charge in [-0.3, -0.25) is 4.90 Å². The van der Waals surface area contributed by atoms with E-state index in [-0.39, 0.29) is 11.5 Å². The van der Waals surface area contributed by atoms with E-state index in [2.05, 4.69) is 35.0 Å². The predicted molar refractivity (Wildman–Crippen MR) is 81.3 cm³/mol. The topological polar surface area (TPSA) is 41.3 Å². The Bertz CT molecular complexity index is 646. The minimum Gasteiger partial charge on any atom is -0.391 e. The van der Waals surface area contributed by atoms with Gasteiger partial charge in [-0.15, -0.1) is 0 Å². The van der Waals surface area contributed by atoms with E-state index in [4.69, 9.17) is 0 Å². The van der Waals surface area contributed by atoms with Crippen molar-refractivity contribution in [3.05, 3.63) is 48.0 Å². The number of β-amino-alcohol motifs (C(OH)–C–C–N with tert-alkyl or cyclic N) is 1. The summed E-state index contributed by atoms with van der Waals surface area (Å²) in [5, 5.41) is 10.2. The summed E-state index contributed by atoms with van der Waals surface area (Å²) in [4.78, 5) is 6.49. The van der Waals surface area contributed by atoms with Crippen molar-refractivity contribution in [2.75, 3.05) is 13.1 Å². The van der Waals surface area contributed by atoms with Gasteiger partial charge in [-0.05, 0) is 43.0 Å². The zero-order valence-corrected chi connectivity index (χ0v) is 12.4. The third-order valence-corrected chi connectivity index (χ3v) is 5.09. The van der Waals surface area contributed by atoms with Gasteiger partial charge in [-0.25, -0.2) is 4.98 Å². The van der Waals surface area contributed by atoms with Crippen LogP contribution in [-0.4, -0.2) is 38.8 Å². The lowest BCUT2D eigenvalue weighted by atomic mass is 10.0. The molecule has 1 aliphatic heterocycles. The monoisotopic (exact) mass is 283 g/mol. The molecular weight excluding hydrogens is 262 g/mol. The highest BCUT2D eigenvalue weighted by Gasteiger charge is 2.54. The first-order valence-electron chi connectivity index (χ1n) is 7.65. The average molecular weight is 283 g/mol. The van der Waals surface area contributed by atoms with Crippen LogP contribution in [0.2, 0.25) is 0 Å². The first kappa shape index (κ1) is 13.0. The Morgan fingerprint density at radius 2 is 2.24 bits per heavy atom. The maximum absolute atomic E-state index is 10.2. The second-order valence-electron chi connectivity index (χ2n) is 6.63. The fourth-order valence-corrected chi connectivity index (χ4v) is 3.50. The number of hydrogen-bond donors (Lipinski definition) is 1. The van der Waals surface area contributed by atoms with Gasteiger partial charge in [-0.2, -0.15) is 0 Å². The molecule has 1 saturated heterocycles. The fraction of sp³-hybridized carbons (Fsp3) is 0.471. The van der Waals surface area contributed by atoms with Gasteiger partial charge in [0.1, 0.15) is 0 Å². The Morgan fingerprint density at radius 1 is 1.38 bits per heavy atom. The van der Waals surface area contributed by atoms with Crippen molar-refractivity contribution in [1.29, 1.82) is 0 Å². The molecule has 1 N–H and O–H groups in total. The number of aliphatic hydroxyl groups is 1. The van der Waals surface area contributed by atoms with Crippen molar-refractivity contribution in [2.45, 2.75) is 32.4 Å². The summed E-state index contributed by atoms with van der Waals surface area (Å²) >= 11 is 0. The second kappa shape index (κ2) is 4.68. The smallest absolute Gasteiger partial charge is 0.0991 e. The average Bonchev–Trinajstić information content (AvgIpc) is 2.93. The lowest BCUT2D eigenvalue weighted by Crippen LogP contribution is -2.21. The SMILES string of the molecule is Cc1cc(-n2ccnc2)ccc1CN1CC(O)C2(CC2)C1. The van der Waals surface area contributed by atoms with Crippen molar-refractivity contribution in [3.8, 4) is 5.69 Å². The normalized spacial score (nSPS) is 23.8. The van der Waals surface area contributed by atoms with E-state index in [0.29, 0.717) is 0 Å². The standard InChI is InChI=1S/C17H21N3O/c1-13-8-15(20-7-6-18-12-20)3-2-14(13)9-19-10-16(21)17(11-19)4-5-17/h2-3,6-8,12,16,21H,4-5,9-11H2,1H3. The van der Waals surface area contributed by atoms with Gasteiger partial charge in [0.25, 0.3) is 0 Å². The van der Waals surface area contributed by atoms with Crippen LogP contribution in [0.5, 0.6) is 0 Å². The molecule has 4 rings (SSSR count). The summed E-state index contributed by atoms with van der Waals surface area (Å²) in [6.45, 7) is 4.98. The lowest BCUT2D eigenvalue weighted by molar-refractivity contribution is 0.131. The summed E-state index contributed by atoms with van der Waals surface area (Å²) < 4.78 is 2.02. The zero-order chi connectivity index (χ0) is 14.4. The lowest BCUT2D eigenvalue weighted by Gasteiger charge is -2.17. The van der Waals surface area contributed by atoms with Crippen molar-refractivity contribution in [2.24, 2.45) is 5.41 Å². The van der Waals surface area contributed by atoms with Crippen LogP contribution in [-0.2, 0) is 6.54 Å². The molecule has 21 heavy (non-hydrogen) atoms. The molecule has 1 aliphatic carbocycles. The van der Waals surface area contributed by atoms with E-state index in [9.17, 15) is 5.11 Å². The van der Waals surface area contributed by atoms with Gasteiger partial charge in [0.05, 0.1) is 12.4 Å². The highest BCUT2D eigenvalue weighted by Crippen LogP contribution is 2.52. The molecule has 2 aliphatic rings. The number of hydrogen-bond acceptors (Lipinski definition) is 3. The van der Waals surface area contributed by atoms with Gasteiger partial charge in [-0.1, -0.05) is 6.07 Å². The highest BCUT2D eigenvalue weighted by atomic mass is 16.3. The Hall–Kier alpha value is -1.65. The van der Waals surface area contributed by atoms with Crippen LogP contribution in [0.1, 0.15) is 24.0 Å². The molecule has 4 heteroatoms. The van der Waals surface area contributed by atoms with E-state index >= 15 is 0 Å². The van der Waals surface area contributed by atoms with Crippen molar-refractivity contribution >= 4 is 0 Å². The van der Waals surface area contributed by atoms with E-state index < -0.39 is 0 Å². The third-order valence-electron chi connectivity index (χ3n) is 5.09. The van der Waals surface area contributed by atoms with E-state index in [1.54, 1.807) is 6.20 Å². The van der Waals surface area contributed by atoms with Gasteiger partial charge in [0.2, 0.25) is 0 Å². The minimum absolute atomic E-state index is 0.122. The largest absolute Gasteiger partial charge is 0.391 e. The van der Waals surface area contributed by atoms with Crippen LogP contribution in [0.4, 0.5) is 0 Å². The number of benzene rings is 1. The fourth-order valence-electron chi connectivity index (χ4n) is 3.50. The Morgan fingerprint density at radius 3 is 2.86 bits per heavy atom. The zero-order valence-electron chi connectivity index (χ0n) is 12.4. The van der Waals surface area contributed by atoms with E-state index in [1.807, 2.05) is 17.1 Å². The van der Waals surface area contributed by atoms with Gasteiger partial charge < -0.3 is 9.67 Å². The molecular formula is C17H21N3O. The van der Waals surface area contributed by atoms with Crippen LogP contribution < -0.4 is 0 Å². The molecule has 1 aromatic carbocycles. The molecule has 0 bridgehead atoms. The molecule has 0 amide bonds. The second-order valence-corrected chi connectivity index (χ2v) is 6.63. The number of rotatable bonds is 3. The van der Waals surface area contributed by atoms with E-state index in [1.165, 1.54) is 24.0 Å². The number of aromatic nitrogens is 2. The summed E-state index contributed by atoms with van der Waals surface area (Å²) in [5.74, 6) is 0. The molecule has 1 aromatic heterocycles. The van der Waals surface area contributed by atoms with Crippen molar-refractivity contribution in [3.63, 3.8) is 0 Å². The number of nitrogens with zero attached hydrogens (tertiary/aromatic N) is 3. The van der Waals surface area contributed by atoms with Crippen LogP contribution in [0, 0.1) is 12.3 Å². The van der Waals surface area contributed by atoms with Crippen LogP contribution in [0.15, 0.2) is 36.9 Å². The molecule has 1 saturated carbocycles. The number of aliphatic hydroxyl groups excluding tert-OH is 1. The Labute approximate surface area is 125 Å². The van der Waals surface area contributed by atoms with Crippen molar-refractivity contribution < 1.29 is 5.11 Å². The molecule has 1 spiro atoms. The molecule has 2 fully saturated rings. The van der Waals surface area contributed by atoms with Crippen LogP contribution >= 0.6 is 0 Å². The minimum atomic E-state index is -0.122. The number of aryl methyl sites for hydroxylation is 1. The molecule has 4 nitrogen and oxygen atoms in total. The first-order chi connectivity index (χ1) is 10.2. The highest BCUT2D eigenvalue weighted by molar-refractivity contribution is 5.40. The summed E-state index contributed by atoms with van der Waals surface area (Å²) in [5.41, 5.74) is 4.04. The third kappa shape index (κ3) is 2.28. The van der Waals surface area contributed by atoms with Crippen LogP contribution in [0.25, 0.3) is 5.69 Å². The molecule has 1 unspecified atom stereocenters. The van der Waals surface area contributed by atoms with E-state index in [0.717, 1.165) is 25.3 Å². The number of imidazole rings is 1. The summed E-state index contributed by atoms with van der Waals surface area (Å²) in [6.07, 6.45) is 7.85. The summed E-state index contributed by atoms with van der Waals surface area (Å²) in [7, 11) is 0. The maximum Gasteiger partial charge on any atom is 0.0991 e. The first-order valence-corrected chi connectivity index (χ1v) is 7.65. The number of likely N-dealkylation sites (tertiary alicyclic amines) is 1. The van der Waals surface area contributed by atoms with Crippen LogP contribution in [0.3, 0.4) is 0 Å². The Balaban J connectivity index is 1.51. The Kier molecular flexibility index (Phi) is 2.91. The summed E-state index contributed by atoms with van der Waals surface area (Å²) in [6, 6.07) is 6.55. The van der Waals surface area contributed by atoms with Crippen molar-refractivity contribution in [1.82, 2.24) is 14.5 Å².